The summed E-state index contributed by atoms with van der Waals surface area (Å²) in [4.78, 5) is 10.8. The fourth-order valence-corrected chi connectivity index (χ4v) is 1.70. The van der Waals surface area contributed by atoms with Gasteiger partial charge in [-0.2, -0.15) is 0 Å². The van der Waals surface area contributed by atoms with Gasteiger partial charge >= 0.3 is 0 Å². The zero-order valence-corrected chi connectivity index (χ0v) is 8.02. The van der Waals surface area contributed by atoms with E-state index in [0.29, 0.717) is 5.92 Å². The molecule has 0 unspecified atom stereocenters. The van der Waals surface area contributed by atoms with Crippen molar-refractivity contribution in [2.24, 2.45) is 5.92 Å². The van der Waals surface area contributed by atoms with Crippen molar-refractivity contribution < 1.29 is 4.79 Å². The molecule has 0 aliphatic heterocycles. The zero-order valence-electron chi connectivity index (χ0n) is 7.26. The molecule has 0 aromatic carbocycles. The molecule has 68 valence electrons. The summed E-state index contributed by atoms with van der Waals surface area (Å²) >= 11 is 5.37. The summed E-state index contributed by atoms with van der Waals surface area (Å²) < 4.78 is 0. The highest BCUT2D eigenvalue weighted by atomic mass is 35.5. The van der Waals surface area contributed by atoms with Crippen LogP contribution in [0.5, 0.6) is 0 Å². The van der Waals surface area contributed by atoms with Crippen molar-refractivity contribution in [3.8, 4) is 0 Å². The Morgan fingerprint density at radius 3 is 2.58 bits per heavy atom. The van der Waals surface area contributed by atoms with Crippen LogP contribution in [-0.2, 0) is 4.79 Å². The molecule has 0 aromatic rings. The molecule has 1 nitrogen and oxygen atoms in total. The molecule has 0 spiro atoms. The molecular formula is C10H15ClO. The summed E-state index contributed by atoms with van der Waals surface area (Å²) in [6.45, 7) is 0. The van der Waals surface area contributed by atoms with Crippen LogP contribution in [0.4, 0.5) is 0 Å². The highest BCUT2D eigenvalue weighted by Crippen LogP contribution is 2.24. The fraction of sp³-hybridized carbons (Fsp3) is 0.700. The highest BCUT2D eigenvalue weighted by Gasteiger charge is 2.09. The van der Waals surface area contributed by atoms with E-state index in [4.69, 9.17) is 11.6 Å². The van der Waals surface area contributed by atoms with Gasteiger partial charge < -0.3 is 0 Å². The molecule has 0 atom stereocenters. The lowest BCUT2D eigenvalue weighted by Gasteiger charge is -2.17. The molecular weight excluding hydrogens is 172 g/mol. The minimum atomic E-state index is 0.0299. The van der Waals surface area contributed by atoms with Crippen LogP contribution < -0.4 is 0 Å². The molecule has 1 aliphatic rings. The van der Waals surface area contributed by atoms with Crippen molar-refractivity contribution in [2.45, 2.75) is 32.1 Å². The second-order valence-corrected chi connectivity index (χ2v) is 3.62. The molecule has 0 radical (unpaired) electrons. The Morgan fingerprint density at radius 1 is 1.33 bits per heavy atom. The van der Waals surface area contributed by atoms with E-state index in [2.05, 4.69) is 0 Å². The van der Waals surface area contributed by atoms with Crippen molar-refractivity contribution in [3.05, 3.63) is 12.2 Å². The van der Waals surface area contributed by atoms with E-state index in [-0.39, 0.29) is 11.7 Å². The van der Waals surface area contributed by atoms with Gasteiger partial charge in [-0.25, -0.2) is 0 Å². The molecule has 1 saturated carbocycles. The maximum absolute atomic E-state index is 10.8. The van der Waals surface area contributed by atoms with Gasteiger partial charge in [-0.15, -0.1) is 11.6 Å². The maximum atomic E-state index is 10.8. The smallest absolute Gasteiger partial charge is 0.170 e. The number of carbonyl (C=O) groups is 1. The summed E-state index contributed by atoms with van der Waals surface area (Å²) in [5, 5.41) is 0. The first kappa shape index (κ1) is 9.79. The summed E-state index contributed by atoms with van der Waals surface area (Å²) in [7, 11) is 0. The Bertz CT molecular complexity index is 169. The average molecular weight is 187 g/mol. The van der Waals surface area contributed by atoms with Gasteiger partial charge in [-0.1, -0.05) is 25.3 Å². The molecule has 0 aromatic heterocycles. The number of ketones is 1. The Hall–Kier alpha value is -0.300. The van der Waals surface area contributed by atoms with Gasteiger partial charge in [0.15, 0.2) is 5.78 Å². The van der Waals surface area contributed by atoms with Gasteiger partial charge in [-0.05, 0) is 24.8 Å². The average Bonchev–Trinajstić information content (AvgIpc) is 2.16. The van der Waals surface area contributed by atoms with Gasteiger partial charge in [0, 0.05) is 0 Å². The lowest BCUT2D eigenvalue weighted by Crippen LogP contribution is -2.04. The van der Waals surface area contributed by atoms with Crippen LogP contribution in [0.2, 0.25) is 0 Å². The third kappa shape index (κ3) is 3.40. The van der Waals surface area contributed by atoms with Crippen LogP contribution in [0.15, 0.2) is 12.2 Å². The third-order valence-corrected chi connectivity index (χ3v) is 2.60. The fourth-order valence-electron chi connectivity index (χ4n) is 1.61. The number of rotatable bonds is 3. The number of hydrogen-bond donors (Lipinski definition) is 0. The van der Waals surface area contributed by atoms with Crippen molar-refractivity contribution >= 4 is 17.4 Å². The van der Waals surface area contributed by atoms with Crippen LogP contribution >= 0.6 is 11.6 Å². The number of carbonyl (C=O) groups excluding carboxylic acids is 1. The normalized spacial score (nSPS) is 20.1. The van der Waals surface area contributed by atoms with Crippen molar-refractivity contribution in [1.82, 2.24) is 0 Å². The third-order valence-electron chi connectivity index (χ3n) is 2.34. The molecule has 1 rings (SSSR count). The molecule has 1 fully saturated rings. The molecule has 0 saturated heterocycles. The number of halogens is 1. The highest BCUT2D eigenvalue weighted by molar-refractivity contribution is 6.29. The standard InChI is InChI=1S/C10H15ClO/c11-8-10(12)7-6-9-4-2-1-3-5-9/h6-7,9H,1-5,8H2/b7-6+. The largest absolute Gasteiger partial charge is 0.294 e. The van der Waals surface area contributed by atoms with E-state index in [9.17, 15) is 4.79 Å². The molecule has 0 amide bonds. The second kappa shape index (κ2) is 5.36. The van der Waals surface area contributed by atoms with E-state index in [1.165, 1.54) is 32.1 Å². The second-order valence-electron chi connectivity index (χ2n) is 3.36. The van der Waals surface area contributed by atoms with Crippen molar-refractivity contribution in [2.75, 3.05) is 5.88 Å². The number of alkyl halides is 1. The zero-order chi connectivity index (χ0) is 8.81. The van der Waals surface area contributed by atoms with E-state index < -0.39 is 0 Å². The minimum absolute atomic E-state index is 0.0299. The maximum Gasteiger partial charge on any atom is 0.170 e. The number of hydrogen-bond acceptors (Lipinski definition) is 1. The minimum Gasteiger partial charge on any atom is -0.294 e. The summed E-state index contributed by atoms with van der Waals surface area (Å²) in [6.07, 6.45) is 10.1. The lowest BCUT2D eigenvalue weighted by molar-refractivity contribution is -0.112. The molecule has 0 heterocycles. The van der Waals surface area contributed by atoms with Gasteiger partial charge in [-0.3, -0.25) is 4.79 Å². The Morgan fingerprint density at radius 2 is 2.00 bits per heavy atom. The van der Waals surface area contributed by atoms with E-state index in [1.54, 1.807) is 6.08 Å². The predicted molar refractivity (Wildman–Crippen MR) is 51.4 cm³/mol. The van der Waals surface area contributed by atoms with E-state index >= 15 is 0 Å². The van der Waals surface area contributed by atoms with Crippen LogP contribution in [-0.4, -0.2) is 11.7 Å². The van der Waals surface area contributed by atoms with Crippen LogP contribution in [0.3, 0.4) is 0 Å². The topological polar surface area (TPSA) is 17.1 Å². The van der Waals surface area contributed by atoms with Crippen LogP contribution in [0.25, 0.3) is 0 Å². The SMILES string of the molecule is O=C(/C=C/C1CCCCC1)CCl. The molecule has 0 N–H and O–H groups in total. The Balaban J connectivity index is 2.28. The van der Waals surface area contributed by atoms with Gasteiger partial charge in [0.1, 0.15) is 0 Å². The number of allylic oxidation sites excluding steroid dienone is 2. The van der Waals surface area contributed by atoms with E-state index in [0.717, 1.165) is 0 Å². The first-order valence-electron chi connectivity index (χ1n) is 4.60. The monoisotopic (exact) mass is 186 g/mol. The Labute approximate surface area is 78.8 Å². The first-order valence-corrected chi connectivity index (χ1v) is 5.13. The molecule has 12 heavy (non-hydrogen) atoms. The lowest BCUT2D eigenvalue weighted by atomic mass is 9.89. The van der Waals surface area contributed by atoms with E-state index in [1.807, 2.05) is 6.08 Å². The molecule has 0 bridgehead atoms. The summed E-state index contributed by atoms with van der Waals surface area (Å²) in [5.74, 6) is 0.775. The summed E-state index contributed by atoms with van der Waals surface area (Å²) in [6, 6.07) is 0. The van der Waals surface area contributed by atoms with Gasteiger partial charge in [0.25, 0.3) is 0 Å². The van der Waals surface area contributed by atoms with Crippen molar-refractivity contribution in [3.63, 3.8) is 0 Å². The van der Waals surface area contributed by atoms with Gasteiger partial charge in [0.05, 0.1) is 5.88 Å². The van der Waals surface area contributed by atoms with Crippen molar-refractivity contribution in [1.29, 1.82) is 0 Å². The first-order chi connectivity index (χ1) is 5.83. The quantitative estimate of drug-likeness (QED) is 0.489. The molecule has 1 aliphatic carbocycles. The van der Waals surface area contributed by atoms with Gasteiger partial charge in [0.2, 0.25) is 0 Å². The Kier molecular flexibility index (Phi) is 4.37. The predicted octanol–water partition coefficient (Wildman–Crippen LogP) is 2.93. The van der Waals surface area contributed by atoms with Crippen LogP contribution in [0.1, 0.15) is 32.1 Å². The molecule has 2 heteroatoms. The van der Waals surface area contributed by atoms with Crippen LogP contribution in [0, 0.1) is 5.92 Å². The summed E-state index contributed by atoms with van der Waals surface area (Å²) in [5.41, 5.74) is 0.